The SMILES string of the molecule is COc1ccccc1OCC1CNCCO1.Cl. The molecule has 1 atom stereocenters. The van der Waals surface area contributed by atoms with Crippen LogP contribution < -0.4 is 14.8 Å². The van der Waals surface area contributed by atoms with E-state index in [1.54, 1.807) is 7.11 Å². The van der Waals surface area contributed by atoms with Crippen LogP contribution in [0, 0.1) is 0 Å². The van der Waals surface area contributed by atoms with Gasteiger partial charge in [-0.05, 0) is 12.1 Å². The summed E-state index contributed by atoms with van der Waals surface area (Å²) >= 11 is 0. The van der Waals surface area contributed by atoms with Crippen LogP contribution in [0.25, 0.3) is 0 Å². The van der Waals surface area contributed by atoms with Crippen LogP contribution in [-0.2, 0) is 4.74 Å². The monoisotopic (exact) mass is 259 g/mol. The quantitative estimate of drug-likeness (QED) is 0.889. The van der Waals surface area contributed by atoms with Crippen molar-refractivity contribution >= 4 is 12.4 Å². The maximum Gasteiger partial charge on any atom is 0.161 e. The van der Waals surface area contributed by atoms with E-state index in [1.807, 2.05) is 24.3 Å². The van der Waals surface area contributed by atoms with Crippen molar-refractivity contribution < 1.29 is 14.2 Å². The van der Waals surface area contributed by atoms with Crippen molar-refractivity contribution in [3.05, 3.63) is 24.3 Å². The van der Waals surface area contributed by atoms with Gasteiger partial charge >= 0.3 is 0 Å². The molecule has 1 aliphatic rings. The minimum Gasteiger partial charge on any atom is -0.493 e. The van der Waals surface area contributed by atoms with Gasteiger partial charge in [0.05, 0.1) is 13.7 Å². The van der Waals surface area contributed by atoms with Crippen molar-refractivity contribution in [2.75, 3.05) is 33.4 Å². The van der Waals surface area contributed by atoms with Crippen LogP contribution in [0.2, 0.25) is 0 Å². The highest BCUT2D eigenvalue weighted by Gasteiger charge is 2.14. The lowest BCUT2D eigenvalue weighted by atomic mass is 10.3. The molecule has 4 nitrogen and oxygen atoms in total. The lowest BCUT2D eigenvalue weighted by Gasteiger charge is -2.23. The van der Waals surface area contributed by atoms with E-state index in [0.717, 1.165) is 31.2 Å². The van der Waals surface area contributed by atoms with Gasteiger partial charge in [-0.15, -0.1) is 12.4 Å². The Kier molecular flexibility index (Phi) is 6.11. The number of hydrogen-bond donors (Lipinski definition) is 1. The Labute approximate surface area is 108 Å². The van der Waals surface area contributed by atoms with E-state index in [2.05, 4.69) is 5.32 Å². The number of hydrogen-bond acceptors (Lipinski definition) is 4. The number of morpholine rings is 1. The molecule has 0 spiro atoms. The first-order valence-corrected chi connectivity index (χ1v) is 5.48. The van der Waals surface area contributed by atoms with E-state index in [-0.39, 0.29) is 18.5 Å². The molecule has 1 unspecified atom stereocenters. The van der Waals surface area contributed by atoms with Crippen LogP contribution >= 0.6 is 12.4 Å². The smallest absolute Gasteiger partial charge is 0.161 e. The lowest BCUT2D eigenvalue weighted by Crippen LogP contribution is -2.41. The predicted octanol–water partition coefficient (Wildman–Crippen LogP) is 1.48. The second-order valence-corrected chi connectivity index (χ2v) is 3.66. The first kappa shape index (κ1) is 14.1. The van der Waals surface area contributed by atoms with Crippen LogP contribution in [0.15, 0.2) is 24.3 Å². The molecule has 1 aliphatic heterocycles. The van der Waals surface area contributed by atoms with E-state index < -0.39 is 0 Å². The highest BCUT2D eigenvalue weighted by molar-refractivity contribution is 5.85. The third kappa shape index (κ3) is 4.07. The van der Waals surface area contributed by atoms with Gasteiger partial charge in [0.2, 0.25) is 0 Å². The molecule has 1 saturated heterocycles. The second kappa shape index (κ2) is 7.37. The molecule has 2 rings (SSSR count). The summed E-state index contributed by atoms with van der Waals surface area (Å²) in [5, 5.41) is 3.26. The Hall–Kier alpha value is -0.970. The molecular weight excluding hydrogens is 242 g/mol. The fraction of sp³-hybridized carbons (Fsp3) is 0.500. The van der Waals surface area contributed by atoms with E-state index in [9.17, 15) is 0 Å². The van der Waals surface area contributed by atoms with Gasteiger partial charge in [-0.2, -0.15) is 0 Å². The van der Waals surface area contributed by atoms with Crippen LogP contribution in [-0.4, -0.2) is 39.5 Å². The molecule has 1 aromatic carbocycles. The zero-order valence-corrected chi connectivity index (χ0v) is 10.7. The van der Waals surface area contributed by atoms with Gasteiger partial charge in [0.15, 0.2) is 11.5 Å². The fourth-order valence-electron chi connectivity index (χ4n) is 1.65. The first-order valence-electron chi connectivity index (χ1n) is 5.48. The molecule has 0 aromatic heterocycles. The third-order valence-corrected chi connectivity index (χ3v) is 2.50. The van der Waals surface area contributed by atoms with Gasteiger partial charge in [0.1, 0.15) is 12.7 Å². The first-order chi connectivity index (χ1) is 7.90. The number of benzene rings is 1. The highest BCUT2D eigenvalue weighted by Crippen LogP contribution is 2.25. The number of nitrogens with one attached hydrogen (secondary N) is 1. The van der Waals surface area contributed by atoms with E-state index in [4.69, 9.17) is 14.2 Å². The van der Waals surface area contributed by atoms with Crippen LogP contribution in [0.5, 0.6) is 11.5 Å². The van der Waals surface area contributed by atoms with Crippen LogP contribution in [0.4, 0.5) is 0 Å². The minimum absolute atomic E-state index is 0. The fourth-order valence-corrected chi connectivity index (χ4v) is 1.65. The molecule has 5 heteroatoms. The molecule has 1 N–H and O–H groups in total. The number of rotatable bonds is 4. The predicted molar refractivity (Wildman–Crippen MR) is 68.3 cm³/mol. The van der Waals surface area contributed by atoms with E-state index >= 15 is 0 Å². The highest BCUT2D eigenvalue weighted by atomic mass is 35.5. The summed E-state index contributed by atoms with van der Waals surface area (Å²) in [4.78, 5) is 0. The molecule has 0 amide bonds. The molecule has 1 fully saturated rings. The van der Waals surface area contributed by atoms with Crippen LogP contribution in [0.3, 0.4) is 0 Å². The van der Waals surface area contributed by atoms with Crippen LogP contribution in [0.1, 0.15) is 0 Å². The zero-order valence-electron chi connectivity index (χ0n) is 9.85. The Balaban J connectivity index is 0.00000144. The van der Waals surface area contributed by atoms with Gasteiger partial charge in [0, 0.05) is 13.1 Å². The van der Waals surface area contributed by atoms with Gasteiger partial charge in [-0.25, -0.2) is 0 Å². The second-order valence-electron chi connectivity index (χ2n) is 3.66. The topological polar surface area (TPSA) is 39.7 Å². The third-order valence-electron chi connectivity index (χ3n) is 2.50. The molecule has 1 heterocycles. The number of para-hydroxylation sites is 2. The summed E-state index contributed by atoms with van der Waals surface area (Å²) in [5.41, 5.74) is 0. The van der Waals surface area contributed by atoms with Gasteiger partial charge < -0.3 is 19.5 Å². The van der Waals surface area contributed by atoms with Gasteiger partial charge in [0.25, 0.3) is 0 Å². The van der Waals surface area contributed by atoms with Crippen molar-refractivity contribution in [2.45, 2.75) is 6.10 Å². The molecule has 0 saturated carbocycles. The Bertz CT molecular complexity index is 329. The molecule has 0 aliphatic carbocycles. The maximum absolute atomic E-state index is 5.68. The standard InChI is InChI=1S/C12H17NO3.ClH/c1-14-11-4-2-3-5-12(11)16-9-10-8-13-6-7-15-10;/h2-5,10,13H,6-9H2,1H3;1H. The van der Waals surface area contributed by atoms with Crippen molar-refractivity contribution in [2.24, 2.45) is 0 Å². The van der Waals surface area contributed by atoms with Crippen molar-refractivity contribution in [3.63, 3.8) is 0 Å². The largest absolute Gasteiger partial charge is 0.493 e. The Morgan fingerprint density at radius 3 is 2.76 bits per heavy atom. The Morgan fingerprint density at radius 1 is 1.35 bits per heavy atom. The van der Waals surface area contributed by atoms with E-state index in [1.165, 1.54) is 0 Å². The minimum atomic E-state index is 0. The van der Waals surface area contributed by atoms with Crippen molar-refractivity contribution in [3.8, 4) is 11.5 Å². The summed E-state index contributed by atoms with van der Waals surface area (Å²) in [6, 6.07) is 7.63. The normalized spacial score (nSPS) is 19.2. The maximum atomic E-state index is 5.68. The summed E-state index contributed by atoms with van der Waals surface area (Å²) in [5.74, 6) is 1.52. The number of ether oxygens (including phenoxy) is 3. The van der Waals surface area contributed by atoms with Crippen molar-refractivity contribution in [1.29, 1.82) is 0 Å². The Morgan fingerprint density at radius 2 is 2.12 bits per heavy atom. The zero-order chi connectivity index (χ0) is 11.2. The van der Waals surface area contributed by atoms with Crippen molar-refractivity contribution in [1.82, 2.24) is 5.32 Å². The number of halogens is 1. The van der Waals surface area contributed by atoms with Gasteiger partial charge in [-0.3, -0.25) is 0 Å². The summed E-state index contributed by atoms with van der Waals surface area (Å²) in [7, 11) is 1.64. The molecule has 17 heavy (non-hydrogen) atoms. The summed E-state index contributed by atoms with van der Waals surface area (Å²) < 4.78 is 16.4. The molecule has 0 radical (unpaired) electrons. The summed E-state index contributed by atoms with van der Waals surface area (Å²) in [6.07, 6.45) is 0.124. The summed E-state index contributed by atoms with van der Waals surface area (Å²) in [6.45, 7) is 3.06. The average molecular weight is 260 g/mol. The molecule has 96 valence electrons. The van der Waals surface area contributed by atoms with E-state index in [0.29, 0.717) is 6.61 Å². The average Bonchev–Trinajstić information content (AvgIpc) is 2.38. The molecule has 0 bridgehead atoms. The number of methoxy groups -OCH3 is 1. The van der Waals surface area contributed by atoms with Gasteiger partial charge in [-0.1, -0.05) is 12.1 Å². The molecule has 1 aromatic rings. The molecular formula is C12H18ClNO3. The lowest BCUT2D eigenvalue weighted by molar-refractivity contribution is -0.000263.